The van der Waals surface area contributed by atoms with Crippen LogP contribution in [-0.4, -0.2) is 18.0 Å². The van der Waals surface area contributed by atoms with Crippen LogP contribution in [0.1, 0.15) is 26.7 Å². The van der Waals surface area contributed by atoms with Crippen molar-refractivity contribution in [2.75, 3.05) is 0 Å². The third kappa shape index (κ3) is 3.33. The van der Waals surface area contributed by atoms with Crippen LogP contribution >= 0.6 is 27.5 Å². The maximum atomic E-state index is 11.7. The van der Waals surface area contributed by atoms with Crippen LogP contribution in [0.25, 0.3) is 0 Å². The smallest absolute Gasteiger partial charge is 0.344 e. The number of rotatable bonds is 4. The number of esters is 2. The predicted molar refractivity (Wildman–Crippen MR) is 66.4 cm³/mol. The van der Waals surface area contributed by atoms with Crippen LogP contribution in [0.4, 0.5) is 0 Å². The average Bonchev–Trinajstić information content (AvgIpc) is 2.52. The molecule has 6 heteroatoms. The van der Waals surface area contributed by atoms with Gasteiger partial charge in [0.1, 0.15) is 6.10 Å². The van der Waals surface area contributed by atoms with Crippen molar-refractivity contribution in [3.63, 3.8) is 0 Å². The Hall–Kier alpha value is -0.810. The minimum absolute atomic E-state index is 0.236. The van der Waals surface area contributed by atoms with E-state index in [-0.39, 0.29) is 5.76 Å². The molecule has 0 aromatic rings. The summed E-state index contributed by atoms with van der Waals surface area (Å²) < 4.78 is 10.5. The molecular formula is C11H12BrClO4. The van der Waals surface area contributed by atoms with E-state index < -0.39 is 18.0 Å². The first-order valence-corrected chi connectivity index (χ1v) is 6.34. The molecule has 94 valence electrons. The molecular weight excluding hydrogens is 311 g/mol. The third-order valence-electron chi connectivity index (χ3n) is 2.16. The van der Waals surface area contributed by atoms with Gasteiger partial charge in [-0.05, 0) is 22.4 Å². The normalized spacial score (nSPS) is 19.5. The Morgan fingerprint density at radius 2 is 2.29 bits per heavy atom. The van der Waals surface area contributed by atoms with Crippen molar-refractivity contribution in [3.8, 4) is 0 Å². The van der Waals surface area contributed by atoms with Crippen molar-refractivity contribution in [2.24, 2.45) is 0 Å². The first-order valence-electron chi connectivity index (χ1n) is 5.11. The first-order chi connectivity index (χ1) is 8.01. The molecule has 0 bridgehead atoms. The lowest BCUT2D eigenvalue weighted by atomic mass is 10.1. The van der Waals surface area contributed by atoms with Crippen molar-refractivity contribution in [3.05, 3.63) is 21.3 Å². The summed E-state index contributed by atoms with van der Waals surface area (Å²) in [6, 6.07) is 0. The van der Waals surface area contributed by atoms with Gasteiger partial charge in [0.2, 0.25) is 0 Å². The largest absolute Gasteiger partial charge is 0.457 e. The lowest BCUT2D eigenvalue weighted by molar-refractivity contribution is -0.146. The molecule has 17 heavy (non-hydrogen) atoms. The number of allylic oxidation sites excluding steroid dienone is 1. The maximum absolute atomic E-state index is 11.7. The van der Waals surface area contributed by atoms with Crippen molar-refractivity contribution < 1.29 is 19.1 Å². The summed E-state index contributed by atoms with van der Waals surface area (Å²) in [4.78, 5) is 22.6. The van der Waals surface area contributed by atoms with Crippen LogP contribution in [0.15, 0.2) is 21.3 Å². The second kappa shape index (κ2) is 6.21. The molecule has 0 spiro atoms. The van der Waals surface area contributed by atoms with E-state index in [0.29, 0.717) is 16.5 Å². The summed E-state index contributed by atoms with van der Waals surface area (Å²) in [6.45, 7) is 3.24. The molecule has 1 aliphatic heterocycles. The molecule has 0 aromatic heterocycles. The minimum Gasteiger partial charge on any atom is -0.457 e. The highest BCUT2D eigenvalue weighted by atomic mass is 79.9. The summed E-state index contributed by atoms with van der Waals surface area (Å²) in [5, 5.41) is 0. The molecule has 1 atom stereocenters. The van der Waals surface area contributed by atoms with Crippen LogP contribution in [0.2, 0.25) is 0 Å². The molecule has 1 aliphatic rings. The molecule has 0 saturated heterocycles. The summed E-state index contributed by atoms with van der Waals surface area (Å²) in [6.07, 6.45) is 0.720. The van der Waals surface area contributed by atoms with Crippen LogP contribution in [0, 0.1) is 0 Å². The highest BCUT2D eigenvalue weighted by molar-refractivity contribution is 9.12. The Bertz CT molecular complexity index is 400. The number of halogens is 2. The van der Waals surface area contributed by atoms with Gasteiger partial charge in [-0.25, -0.2) is 4.79 Å². The van der Waals surface area contributed by atoms with Gasteiger partial charge in [-0.15, -0.1) is 0 Å². The van der Waals surface area contributed by atoms with Crippen molar-refractivity contribution in [1.82, 2.24) is 0 Å². The lowest BCUT2D eigenvalue weighted by Crippen LogP contribution is -2.22. The number of hydrogen-bond acceptors (Lipinski definition) is 4. The number of carbonyl (C=O) groups is 2. The minimum atomic E-state index is -0.603. The molecule has 0 saturated carbocycles. The zero-order valence-corrected chi connectivity index (χ0v) is 11.8. The van der Waals surface area contributed by atoms with Gasteiger partial charge in [0, 0.05) is 12.5 Å². The standard InChI is InChI=1S/C11H12BrClO4/c1-3-4-7(16-6(2)14)9-10(12)8(5-13)17-11(9)15/h5,7H,3-4H2,1-2H3/b8-5-. The van der Waals surface area contributed by atoms with Gasteiger partial charge in [-0.3, -0.25) is 4.79 Å². The van der Waals surface area contributed by atoms with E-state index in [9.17, 15) is 9.59 Å². The Kier molecular flexibility index (Phi) is 5.21. The van der Waals surface area contributed by atoms with Crippen molar-refractivity contribution in [2.45, 2.75) is 32.8 Å². The highest BCUT2D eigenvalue weighted by Gasteiger charge is 2.35. The molecule has 0 radical (unpaired) electrons. The molecule has 1 rings (SSSR count). The van der Waals surface area contributed by atoms with Gasteiger partial charge in [-0.2, -0.15) is 0 Å². The SMILES string of the molecule is CCCC(OC(C)=O)C1=C(Br)/C(=C/Cl)OC1=O. The molecule has 0 fully saturated rings. The average molecular weight is 324 g/mol. The van der Waals surface area contributed by atoms with E-state index in [1.54, 1.807) is 0 Å². The zero-order chi connectivity index (χ0) is 13.0. The maximum Gasteiger partial charge on any atom is 0.344 e. The summed E-state index contributed by atoms with van der Waals surface area (Å²) in [7, 11) is 0. The molecule has 4 nitrogen and oxygen atoms in total. The number of ether oxygens (including phenoxy) is 2. The van der Waals surface area contributed by atoms with E-state index >= 15 is 0 Å². The van der Waals surface area contributed by atoms with Gasteiger partial charge in [0.25, 0.3) is 0 Å². The molecule has 0 aliphatic carbocycles. The van der Waals surface area contributed by atoms with E-state index in [1.807, 2.05) is 6.92 Å². The zero-order valence-electron chi connectivity index (χ0n) is 9.46. The summed E-state index contributed by atoms with van der Waals surface area (Å²) in [5.74, 6) is -0.740. The first kappa shape index (κ1) is 14.3. The Balaban J connectivity index is 3.04. The number of carbonyl (C=O) groups excluding carboxylic acids is 2. The molecule has 0 N–H and O–H groups in total. The van der Waals surface area contributed by atoms with Gasteiger partial charge in [0.15, 0.2) is 5.76 Å². The van der Waals surface area contributed by atoms with Crippen LogP contribution in [-0.2, 0) is 19.1 Å². The monoisotopic (exact) mass is 322 g/mol. The van der Waals surface area contributed by atoms with Gasteiger partial charge >= 0.3 is 11.9 Å². The Morgan fingerprint density at radius 1 is 1.65 bits per heavy atom. The fourth-order valence-corrected chi connectivity index (χ4v) is 2.39. The number of cyclic esters (lactones) is 1. The van der Waals surface area contributed by atoms with Crippen molar-refractivity contribution in [1.29, 1.82) is 0 Å². The molecule has 1 unspecified atom stereocenters. The fraction of sp³-hybridized carbons (Fsp3) is 0.455. The highest BCUT2D eigenvalue weighted by Crippen LogP contribution is 2.35. The van der Waals surface area contributed by atoms with Crippen LogP contribution in [0.3, 0.4) is 0 Å². The Morgan fingerprint density at radius 3 is 2.71 bits per heavy atom. The van der Waals surface area contributed by atoms with Gasteiger partial charge in [0.05, 0.1) is 10.1 Å². The second-order valence-electron chi connectivity index (χ2n) is 3.48. The van der Waals surface area contributed by atoms with E-state index in [4.69, 9.17) is 21.1 Å². The Labute approximate surface area is 113 Å². The van der Waals surface area contributed by atoms with E-state index in [2.05, 4.69) is 15.9 Å². The van der Waals surface area contributed by atoms with Crippen LogP contribution in [0.5, 0.6) is 0 Å². The molecule has 0 aromatic carbocycles. The van der Waals surface area contributed by atoms with Gasteiger partial charge in [-0.1, -0.05) is 24.9 Å². The van der Waals surface area contributed by atoms with Crippen molar-refractivity contribution >= 4 is 39.5 Å². The fourth-order valence-electron chi connectivity index (χ4n) is 1.49. The van der Waals surface area contributed by atoms with E-state index in [1.165, 1.54) is 6.92 Å². The predicted octanol–water partition coefficient (Wildman–Crippen LogP) is 3.00. The quantitative estimate of drug-likeness (QED) is 0.746. The molecule has 0 amide bonds. The molecule has 1 heterocycles. The summed E-state index contributed by atoms with van der Waals surface area (Å²) >= 11 is 8.73. The third-order valence-corrected chi connectivity index (χ3v) is 3.17. The van der Waals surface area contributed by atoms with E-state index in [0.717, 1.165) is 12.0 Å². The topological polar surface area (TPSA) is 52.6 Å². The van der Waals surface area contributed by atoms with Gasteiger partial charge < -0.3 is 9.47 Å². The summed E-state index contributed by atoms with van der Waals surface area (Å²) in [5.41, 5.74) is 1.46. The lowest BCUT2D eigenvalue weighted by Gasteiger charge is -2.15. The van der Waals surface area contributed by atoms with Crippen LogP contribution < -0.4 is 0 Å². The second-order valence-corrected chi connectivity index (χ2v) is 4.49. The number of hydrogen-bond donors (Lipinski definition) is 0.